The van der Waals surface area contributed by atoms with Crippen molar-refractivity contribution in [2.75, 3.05) is 19.6 Å². The first kappa shape index (κ1) is 21.5. The molecule has 1 aliphatic rings. The second-order valence-corrected chi connectivity index (χ2v) is 5.69. The molecule has 0 radical (unpaired) electrons. The second kappa shape index (κ2) is 14.1. The number of halogens is 1. The number of hydrogen-bond acceptors (Lipinski definition) is 2. The molecule has 22 heavy (non-hydrogen) atoms. The molecule has 1 aliphatic carbocycles. The van der Waals surface area contributed by atoms with Gasteiger partial charge < -0.3 is 16.0 Å². The fourth-order valence-electron chi connectivity index (χ4n) is 2.53. The molecule has 0 atom stereocenters. The van der Waals surface area contributed by atoms with Crippen LogP contribution in [0.1, 0.15) is 65.2 Å². The number of hydrogen-bond donors (Lipinski definition) is 3. The summed E-state index contributed by atoms with van der Waals surface area (Å²) in [5.41, 5.74) is 0. The molecule has 5 nitrogen and oxygen atoms in total. The van der Waals surface area contributed by atoms with Crippen molar-refractivity contribution in [1.29, 1.82) is 0 Å². The van der Waals surface area contributed by atoms with Crippen molar-refractivity contribution in [3.8, 4) is 0 Å². The fraction of sp³-hybridized carbons (Fsp3) is 0.875. The summed E-state index contributed by atoms with van der Waals surface area (Å²) in [4.78, 5) is 16.4. The smallest absolute Gasteiger partial charge is 0.221 e. The Balaban J connectivity index is 0.00000441. The first-order chi connectivity index (χ1) is 10.3. The number of guanidine groups is 1. The molecule has 0 aromatic rings. The van der Waals surface area contributed by atoms with Gasteiger partial charge in [0.2, 0.25) is 5.91 Å². The predicted octanol–water partition coefficient (Wildman–Crippen LogP) is 2.80. The number of nitrogens with one attached hydrogen (secondary N) is 3. The molecule has 1 amide bonds. The molecule has 0 unspecified atom stereocenters. The van der Waals surface area contributed by atoms with Crippen LogP contribution >= 0.6 is 24.0 Å². The van der Waals surface area contributed by atoms with E-state index in [4.69, 9.17) is 0 Å². The van der Waals surface area contributed by atoms with Crippen LogP contribution in [0.2, 0.25) is 0 Å². The highest BCUT2D eigenvalue weighted by molar-refractivity contribution is 14.0. The van der Waals surface area contributed by atoms with Crippen LogP contribution in [0.15, 0.2) is 4.99 Å². The Labute approximate surface area is 152 Å². The van der Waals surface area contributed by atoms with Crippen LogP contribution in [0, 0.1) is 0 Å². The molecule has 1 fully saturated rings. The Kier molecular flexibility index (Phi) is 13.7. The third-order valence-electron chi connectivity index (χ3n) is 3.74. The van der Waals surface area contributed by atoms with Gasteiger partial charge >= 0.3 is 0 Å². The van der Waals surface area contributed by atoms with E-state index in [1.165, 1.54) is 19.3 Å². The quantitative estimate of drug-likeness (QED) is 0.243. The van der Waals surface area contributed by atoms with Crippen LogP contribution in [-0.2, 0) is 4.79 Å². The van der Waals surface area contributed by atoms with Gasteiger partial charge in [0.15, 0.2) is 5.96 Å². The molecular formula is C16H33IN4O. The Morgan fingerprint density at radius 2 is 1.86 bits per heavy atom. The van der Waals surface area contributed by atoms with Crippen molar-refractivity contribution in [3.63, 3.8) is 0 Å². The summed E-state index contributed by atoms with van der Waals surface area (Å²) in [5, 5.41) is 9.57. The van der Waals surface area contributed by atoms with Crippen molar-refractivity contribution >= 4 is 35.8 Å². The van der Waals surface area contributed by atoms with Gasteiger partial charge in [0.25, 0.3) is 0 Å². The summed E-state index contributed by atoms with van der Waals surface area (Å²) >= 11 is 0. The molecular weight excluding hydrogens is 391 g/mol. The molecule has 1 saturated carbocycles. The molecule has 130 valence electrons. The van der Waals surface area contributed by atoms with Crippen LogP contribution in [0.4, 0.5) is 0 Å². The van der Waals surface area contributed by atoms with E-state index in [9.17, 15) is 4.79 Å². The van der Waals surface area contributed by atoms with Crippen molar-refractivity contribution < 1.29 is 4.79 Å². The van der Waals surface area contributed by atoms with E-state index in [0.29, 0.717) is 19.0 Å². The van der Waals surface area contributed by atoms with E-state index < -0.39 is 0 Å². The molecule has 0 heterocycles. The number of amides is 1. The van der Waals surface area contributed by atoms with Crippen LogP contribution in [-0.4, -0.2) is 37.5 Å². The SMILES string of the molecule is CCCCN=C(NCC)NCCC(=O)NC1CCCCC1.I. The minimum atomic E-state index is 0. The largest absolute Gasteiger partial charge is 0.357 e. The van der Waals surface area contributed by atoms with Crippen molar-refractivity contribution in [1.82, 2.24) is 16.0 Å². The monoisotopic (exact) mass is 424 g/mol. The van der Waals surface area contributed by atoms with Gasteiger partial charge in [-0.1, -0.05) is 32.6 Å². The summed E-state index contributed by atoms with van der Waals surface area (Å²) in [6.07, 6.45) is 8.84. The van der Waals surface area contributed by atoms with E-state index in [2.05, 4.69) is 27.9 Å². The Hall–Kier alpha value is -0.530. The first-order valence-corrected chi connectivity index (χ1v) is 8.57. The van der Waals surface area contributed by atoms with Crippen LogP contribution in [0.25, 0.3) is 0 Å². The topological polar surface area (TPSA) is 65.5 Å². The van der Waals surface area contributed by atoms with E-state index >= 15 is 0 Å². The van der Waals surface area contributed by atoms with Gasteiger partial charge in [0.05, 0.1) is 0 Å². The normalized spacial score (nSPS) is 15.8. The Morgan fingerprint density at radius 1 is 1.14 bits per heavy atom. The van der Waals surface area contributed by atoms with Gasteiger partial charge in [-0.15, -0.1) is 24.0 Å². The lowest BCUT2D eigenvalue weighted by atomic mass is 9.95. The molecule has 0 aliphatic heterocycles. The van der Waals surface area contributed by atoms with Crippen molar-refractivity contribution in [3.05, 3.63) is 0 Å². The number of aliphatic imine (C=N–C) groups is 1. The average molecular weight is 424 g/mol. The average Bonchev–Trinajstić information content (AvgIpc) is 2.48. The zero-order valence-electron chi connectivity index (χ0n) is 14.1. The highest BCUT2D eigenvalue weighted by Gasteiger charge is 2.15. The number of unbranched alkanes of at least 4 members (excludes halogenated alkanes) is 1. The fourth-order valence-corrected chi connectivity index (χ4v) is 2.53. The van der Waals surface area contributed by atoms with Crippen LogP contribution < -0.4 is 16.0 Å². The third-order valence-corrected chi connectivity index (χ3v) is 3.74. The van der Waals surface area contributed by atoms with E-state index in [1.54, 1.807) is 0 Å². The van der Waals surface area contributed by atoms with Crippen LogP contribution in [0.3, 0.4) is 0 Å². The van der Waals surface area contributed by atoms with E-state index in [0.717, 1.165) is 44.7 Å². The predicted molar refractivity (Wildman–Crippen MR) is 104 cm³/mol. The molecule has 0 saturated heterocycles. The molecule has 0 aromatic carbocycles. The molecule has 0 aromatic heterocycles. The Morgan fingerprint density at radius 3 is 2.50 bits per heavy atom. The second-order valence-electron chi connectivity index (χ2n) is 5.69. The summed E-state index contributed by atoms with van der Waals surface area (Å²) in [5.74, 6) is 0.968. The summed E-state index contributed by atoms with van der Waals surface area (Å²) in [7, 11) is 0. The van der Waals surface area contributed by atoms with Gasteiger partial charge in [0.1, 0.15) is 0 Å². The molecule has 6 heteroatoms. The van der Waals surface area contributed by atoms with Crippen molar-refractivity contribution in [2.24, 2.45) is 4.99 Å². The van der Waals surface area contributed by atoms with Gasteiger partial charge in [-0.2, -0.15) is 0 Å². The summed E-state index contributed by atoms with van der Waals surface area (Å²) in [6, 6.07) is 0.401. The van der Waals surface area contributed by atoms with E-state index in [-0.39, 0.29) is 29.9 Å². The zero-order chi connectivity index (χ0) is 15.3. The maximum absolute atomic E-state index is 11.9. The first-order valence-electron chi connectivity index (χ1n) is 8.57. The minimum absolute atomic E-state index is 0. The number of carbonyl (C=O) groups excluding carboxylic acids is 1. The maximum Gasteiger partial charge on any atom is 0.221 e. The number of carbonyl (C=O) groups is 1. The van der Waals surface area contributed by atoms with Gasteiger partial charge in [-0.05, 0) is 26.2 Å². The lowest BCUT2D eigenvalue weighted by Gasteiger charge is -2.22. The highest BCUT2D eigenvalue weighted by atomic mass is 127. The van der Waals surface area contributed by atoms with Gasteiger partial charge in [-0.3, -0.25) is 9.79 Å². The lowest BCUT2D eigenvalue weighted by Crippen LogP contribution is -2.41. The molecule has 3 N–H and O–H groups in total. The van der Waals surface area contributed by atoms with E-state index in [1.807, 2.05) is 6.92 Å². The van der Waals surface area contributed by atoms with Crippen LogP contribution in [0.5, 0.6) is 0 Å². The molecule has 1 rings (SSSR count). The molecule has 0 bridgehead atoms. The minimum Gasteiger partial charge on any atom is -0.357 e. The zero-order valence-corrected chi connectivity index (χ0v) is 16.4. The van der Waals surface area contributed by atoms with Gasteiger partial charge in [0, 0.05) is 32.1 Å². The summed E-state index contributed by atoms with van der Waals surface area (Å²) < 4.78 is 0. The number of rotatable bonds is 8. The third kappa shape index (κ3) is 10.2. The Bertz CT molecular complexity index is 317. The highest BCUT2D eigenvalue weighted by Crippen LogP contribution is 2.17. The maximum atomic E-state index is 11.9. The molecule has 0 spiro atoms. The summed E-state index contributed by atoms with van der Waals surface area (Å²) in [6.45, 7) is 6.51. The number of nitrogens with zero attached hydrogens (tertiary/aromatic N) is 1. The van der Waals surface area contributed by atoms with Crippen molar-refractivity contribution in [2.45, 2.75) is 71.3 Å². The standard InChI is InChI=1S/C16H32N4O.HI/c1-3-5-12-18-16(17-4-2)19-13-11-15(21)20-14-9-7-6-8-10-14;/h14H,3-13H2,1-2H3,(H,20,21)(H2,17,18,19);1H. The van der Waals surface area contributed by atoms with Gasteiger partial charge in [-0.25, -0.2) is 0 Å². The lowest BCUT2D eigenvalue weighted by molar-refractivity contribution is -0.121.